The molecule has 31 heavy (non-hydrogen) atoms. The minimum atomic E-state index is -3.35. The molecule has 0 atom stereocenters. The van der Waals surface area contributed by atoms with Crippen LogP contribution in [0.5, 0.6) is 0 Å². The summed E-state index contributed by atoms with van der Waals surface area (Å²) in [5, 5.41) is 5.67. The summed E-state index contributed by atoms with van der Waals surface area (Å²) in [5.74, 6) is -0.407. The Kier molecular flexibility index (Phi) is 5.67. The first-order valence-electron chi connectivity index (χ1n) is 10.7. The van der Waals surface area contributed by atoms with Crippen molar-refractivity contribution in [2.75, 3.05) is 30.2 Å². The van der Waals surface area contributed by atoms with Crippen molar-refractivity contribution in [3.05, 3.63) is 29.3 Å². The molecule has 4 amide bonds. The van der Waals surface area contributed by atoms with Crippen LogP contribution in [0.4, 0.5) is 10.5 Å². The lowest BCUT2D eigenvalue weighted by Gasteiger charge is -2.29. The van der Waals surface area contributed by atoms with Crippen LogP contribution in [0, 0.1) is 0 Å². The van der Waals surface area contributed by atoms with E-state index in [0.29, 0.717) is 50.0 Å². The summed E-state index contributed by atoms with van der Waals surface area (Å²) in [4.78, 5) is 38.6. The van der Waals surface area contributed by atoms with Crippen LogP contribution in [-0.2, 0) is 21.2 Å². The van der Waals surface area contributed by atoms with Crippen LogP contribution >= 0.6 is 0 Å². The molecule has 1 saturated carbocycles. The van der Waals surface area contributed by atoms with Gasteiger partial charge in [-0.25, -0.2) is 13.2 Å². The molecule has 1 aromatic carbocycles. The van der Waals surface area contributed by atoms with Crippen molar-refractivity contribution in [2.24, 2.45) is 0 Å². The lowest BCUT2D eigenvalue weighted by Crippen LogP contribution is -2.44. The molecule has 4 rings (SSSR count). The van der Waals surface area contributed by atoms with Gasteiger partial charge in [0, 0.05) is 25.2 Å². The van der Waals surface area contributed by atoms with Crippen molar-refractivity contribution in [3.8, 4) is 0 Å². The molecule has 0 unspecified atom stereocenters. The summed E-state index contributed by atoms with van der Waals surface area (Å²) in [5.41, 5.74) is 1.23. The predicted octanol–water partition coefficient (Wildman–Crippen LogP) is 1.38. The van der Waals surface area contributed by atoms with Crippen LogP contribution in [0.25, 0.3) is 0 Å². The molecule has 168 valence electrons. The summed E-state index contributed by atoms with van der Waals surface area (Å²) in [6.07, 6.45) is 6.35. The first-order valence-corrected chi connectivity index (χ1v) is 12.6. The highest BCUT2D eigenvalue weighted by molar-refractivity contribution is 7.92. The van der Waals surface area contributed by atoms with Crippen LogP contribution in [0.3, 0.4) is 0 Å². The average molecular weight is 449 g/mol. The Morgan fingerprint density at radius 3 is 2.65 bits per heavy atom. The van der Waals surface area contributed by atoms with E-state index in [0.717, 1.165) is 24.8 Å². The van der Waals surface area contributed by atoms with Gasteiger partial charge in [-0.3, -0.25) is 18.8 Å². The maximum absolute atomic E-state index is 12.6. The minimum absolute atomic E-state index is 0.147. The number of hydrogen-bond donors (Lipinski definition) is 2. The topological polar surface area (TPSA) is 116 Å². The zero-order valence-corrected chi connectivity index (χ0v) is 18.5. The maximum atomic E-state index is 12.6. The number of carbonyl (C=O) groups excluding carboxylic acids is 3. The minimum Gasteiger partial charge on any atom is -0.352 e. The maximum Gasteiger partial charge on any atom is 0.325 e. The van der Waals surface area contributed by atoms with Crippen LogP contribution < -0.4 is 14.9 Å². The van der Waals surface area contributed by atoms with Crippen molar-refractivity contribution >= 4 is 33.6 Å². The van der Waals surface area contributed by atoms with Gasteiger partial charge in [-0.1, -0.05) is 12.8 Å². The van der Waals surface area contributed by atoms with E-state index in [1.165, 1.54) is 15.5 Å². The number of benzene rings is 1. The van der Waals surface area contributed by atoms with Crippen molar-refractivity contribution in [1.82, 2.24) is 15.5 Å². The quantitative estimate of drug-likeness (QED) is 0.504. The van der Waals surface area contributed by atoms with Gasteiger partial charge in [0.2, 0.25) is 10.0 Å². The standard InChI is InChI=1S/C21H28N4O5S/c1-31(29,30)25-13-4-6-15-14-16(7-8-17(15)25)18(26)22-11-5-12-24-19(27)21(23-20(24)28)9-2-3-10-21/h7-8,14H,2-6,9-13H2,1H3,(H,22,26)(H,23,28). The van der Waals surface area contributed by atoms with Gasteiger partial charge in [0.25, 0.3) is 11.8 Å². The first-order chi connectivity index (χ1) is 14.7. The van der Waals surface area contributed by atoms with Crippen LogP contribution in [0.15, 0.2) is 18.2 Å². The van der Waals surface area contributed by atoms with Crippen LogP contribution in [0.1, 0.15) is 54.4 Å². The Labute approximate surface area is 182 Å². The molecule has 0 radical (unpaired) electrons. The Hall–Kier alpha value is -2.62. The molecule has 1 aliphatic carbocycles. The molecule has 1 spiro atoms. The highest BCUT2D eigenvalue weighted by Gasteiger charge is 2.51. The fourth-order valence-corrected chi connectivity index (χ4v) is 5.78. The number of rotatable bonds is 6. The molecule has 2 fully saturated rings. The number of anilines is 1. The SMILES string of the molecule is CS(=O)(=O)N1CCCc2cc(C(=O)NCCCN3C(=O)NC4(CCCC4)C3=O)ccc21. The molecular weight excluding hydrogens is 420 g/mol. The normalized spacial score (nSPS) is 20.2. The van der Waals surface area contributed by atoms with Gasteiger partial charge in [-0.05, 0) is 55.9 Å². The molecule has 2 N–H and O–H groups in total. The van der Waals surface area contributed by atoms with Crippen molar-refractivity contribution in [3.63, 3.8) is 0 Å². The smallest absolute Gasteiger partial charge is 0.325 e. The molecule has 9 nitrogen and oxygen atoms in total. The van der Waals surface area contributed by atoms with Gasteiger partial charge in [0.05, 0.1) is 11.9 Å². The van der Waals surface area contributed by atoms with Crippen molar-refractivity contribution < 1.29 is 22.8 Å². The second-order valence-corrected chi connectivity index (χ2v) is 10.5. The molecular formula is C21H28N4O5S. The fraction of sp³-hybridized carbons (Fsp3) is 0.571. The highest BCUT2D eigenvalue weighted by atomic mass is 32.2. The number of sulfonamides is 1. The van der Waals surface area contributed by atoms with E-state index < -0.39 is 15.6 Å². The molecule has 0 aromatic heterocycles. The molecule has 3 aliphatic rings. The number of fused-ring (bicyclic) bond motifs is 1. The number of nitrogens with zero attached hydrogens (tertiary/aromatic N) is 2. The molecule has 0 bridgehead atoms. The highest BCUT2D eigenvalue weighted by Crippen LogP contribution is 2.35. The second kappa shape index (κ2) is 8.14. The van der Waals surface area contributed by atoms with E-state index >= 15 is 0 Å². The molecule has 1 aromatic rings. The zero-order valence-electron chi connectivity index (χ0n) is 17.6. The number of imide groups is 1. The first kappa shape index (κ1) is 21.6. The van der Waals surface area contributed by atoms with Gasteiger partial charge >= 0.3 is 6.03 Å². The Morgan fingerprint density at radius 1 is 1.19 bits per heavy atom. The van der Waals surface area contributed by atoms with Gasteiger partial charge in [0.1, 0.15) is 5.54 Å². The lowest BCUT2D eigenvalue weighted by molar-refractivity contribution is -0.131. The van der Waals surface area contributed by atoms with Gasteiger partial charge in [-0.15, -0.1) is 0 Å². The van der Waals surface area contributed by atoms with Crippen molar-refractivity contribution in [1.29, 1.82) is 0 Å². The van der Waals surface area contributed by atoms with Crippen LogP contribution in [-0.4, -0.2) is 62.6 Å². The molecule has 2 heterocycles. The number of amides is 4. The lowest BCUT2D eigenvalue weighted by atomic mass is 9.98. The zero-order chi connectivity index (χ0) is 22.2. The summed E-state index contributed by atoms with van der Waals surface area (Å²) in [7, 11) is -3.35. The number of urea groups is 1. The number of aryl methyl sites for hydroxylation is 1. The Balaban J connectivity index is 1.32. The summed E-state index contributed by atoms with van der Waals surface area (Å²) >= 11 is 0. The third kappa shape index (κ3) is 4.13. The fourth-order valence-electron chi connectivity index (χ4n) is 4.79. The predicted molar refractivity (Wildman–Crippen MR) is 115 cm³/mol. The van der Waals surface area contributed by atoms with Gasteiger partial charge in [-0.2, -0.15) is 0 Å². The third-order valence-corrected chi connectivity index (χ3v) is 7.55. The molecule has 2 aliphatic heterocycles. The second-order valence-electron chi connectivity index (χ2n) is 8.57. The van der Waals surface area contributed by atoms with E-state index in [-0.39, 0.29) is 24.4 Å². The van der Waals surface area contributed by atoms with E-state index in [2.05, 4.69) is 10.6 Å². The van der Waals surface area contributed by atoms with Gasteiger partial charge in [0.15, 0.2) is 0 Å². The average Bonchev–Trinajstić information content (AvgIpc) is 3.29. The number of carbonyl (C=O) groups is 3. The third-order valence-electron chi connectivity index (χ3n) is 6.37. The van der Waals surface area contributed by atoms with E-state index in [9.17, 15) is 22.8 Å². The van der Waals surface area contributed by atoms with E-state index in [4.69, 9.17) is 0 Å². The van der Waals surface area contributed by atoms with Crippen molar-refractivity contribution in [2.45, 2.75) is 50.5 Å². The molecule has 10 heteroatoms. The van der Waals surface area contributed by atoms with E-state index in [1.807, 2.05) is 0 Å². The number of nitrogens with one attached hydrogen (secondary N) is 2. The number of hydrogen-bond acceptors (Lipinski definition) is 5. The summed E-state index contributed by atoms with van der Waals surface area (Å²) in [6, 6.07) is 4.70. The van der Waals surface area contributed by atoms with E-state index in [1.54, 1.807) is 18.2 Å². The summed E-state index contributed by atoms with van der Waals surface area (Å²) < 4.78 is 25.3. The summed E-state index contributed by atoms with van der Waals surface area (Å²) in [6.45, 7) is 1.04. The Bertz CT molecular complexity index is 1020. The molecule has 1 saturated heterocycles. The van der Waals surface area contributed by atoms with Gasteiger partial charge < -0.3 is 10.6 Å². The Morgan fingerprint density at radius 2 is 1.94 bits per heavy atom. The largest absolute Gasteiger partial charge is 0.352 e. The monoisotopic (exact) mass is 448 g/mol. The van der Waals surface area contributed by atoms with Crippen LogP contribution in [0.2, 0.25) is 0 Å².